The molecule has 0 fully saturated rings. The van der Waals surface area contributed by atoms with E-state index in [0.717, 1.165) is 37.1 Å². The summed E-state index contributed by atoms with van der Waals surface area (Å²) in [6.07, 6.45) is 5.93. The van der Waals surface area contributed by atoms with Gasteiger partial charge >= 0.3 is 0 Å². The molecule has 0 saturated carbocycles. The van der Waals surface area contributed by atoms with Gasteiger partial charge in [0.25, 0.3) is 0 Å². The number of Topliss-reactive ketones (excluding diaryl/α,β-unsaturated/α-hetero) is 1. The van der Waals surface area contributed by atoms with Gasteiger partial charge in [-0.1, -0.05) is 40.0 Å². The molecule has 1 aromatic rings. The highest BCUT2D eigenvalue weighted by Gasteiger charge is 2.21. The van der Waals surface area contributed by atoms with Gasteiger partial charge in [0.2, 0.25) is 0 Å². The fourth-order valence-corrected chi connectivity index (χ4v) is 3.45. The lowest BCUT2D eigenvalue weighted by Gasteiger charge is -2.18. The van der Waals surface area contributed by atoms with Crippen LogP contribution in [-0.2, 0) is 0 Å². The standard InChI is InChI=1S/C16H25N3OS/c1-4-7-9-11(8-5-2)19-16-12(10-17)14(18)15(21-16)13(20)6-3/h11,19H,4-9,18H2,1-3H3. The zero-order valence-electron chi connectivity index (χ0n) is 13.2. The maximum Gasteiger partial charge on any atom is 0.174 e. The van der Waals surface area contributed by atoms with Gasteiger partial charge in [-0.05, 0) is 12.8 Å². The van der Waals surface area contributed by atoms with Crippen molar-refractivity contribution in [3.05, 3.63) is 10.4 Å². The van der Waals surface area contributed by atoms with Crippen molar-refractivity contribution >= 4 is 27.8 Å². The summed E-state index contributed by atoms with van der Waals surface area (Å²) < 4.78 is 0. The van der Waals surface area contributed by atoms with E-state index < -0.39 is 0 Å². The number of hydrogen-bond acceptors (Lipinski definition) is 5. The fourth-order valence-electron chi connectivity index (χ4n) is 2.30. The maximum atomic E-state index is 11.9. The first-order valence-corrected chi connectivity index (χ1v) is 8.52. The van der Waals surface area contributed by atoms with Gasteiger partial charge in [0.15, 0.2) is 5.78 Å². The van der Waals surface area contributed by atoms with Gasteiger partial charge in [-0.15, -0.1) is 11.3 Å². The van der Waals surface area contributed by atoms with Gasteiger partial charge in [-0.2, -0.15) is 5.26 Å². The summed E-state index contributed by atoms with van der Waals surface area (Å²) in [5, 5.41) is 13.5. The van der Waals surface area contributed by atoms with Crippen molar-refractivity contribution < 1.29 is 4.79 Å². The first kappa shape index (κ1) is 17.5. The van der Waals surface area contributed by atoms with Crippen LogP contribution in [0.15, 0.2) is 0 Å². The molecule has 0 aliphatic heterocycles. The summed E-state index contributed by atoms with van der Waals surface area (Å²) in [6, 6.07) is 2.48. The van der Waals surface area contributed by atoms with Crippen LogP contribution in [0.1, 0.15) is 74.5 Å². The van der Waals surface area contributed by atoms with E-state index in [2.05, 4.69) is 25.2 Å². The molecular weight excluding hydrogens is 282 g/mol. The Morgan fingerprint density at radius 1 is 1.33 bits per heavy atom. The number of nitrogens with zero attached hydrogens (tertiary/aromatic N) is 1. The summed E-state index contributed by atoms with van der Waals surface area (Å²) >= 11 is 1.32. The number of nitrogens with two attached hydrogens (primary N) is 1. The average molecular weight is 307 g/mol. The number of carbonyl (C=O) groups is 1. The molecule has 0 bridgehead atoms. The van der Waals surface area contributed by atoms with Crippen LogP contribution in [0.25, 0.3) is 0 Å². The highest BCUT2D eigenvalue weighted by molar-refractivity contribution is 7.19. The topological polar surface area (TPSA) is 78.9 Å². The third kappa shape index (κ3) is 4.47. The Hall–Kier alpha value is -1.54. The number of unbranched alkanes of at least 4 members (excludes halogenated alkanes) is 1. The van der Waals surface area contributed by atoms with E-state index in [1.165, 1.54) is 11.3 Å². The van der Waals surface area contributed by atoms with Crippen LogP contribution in [0.5, 0.6) is 0 Å². The summed E-state index contributed by atoms with van der Waals surface area (Å²) in [6.45, 7) is 6.13. The van der Waals surface area contributed by atoms with Crippen molar-refractivity contribution in [3.8, 4) is 6.07 Å². The van der Waals surface area contributed by atoms with Crippen molar-refractivity contribution in [2.24, 2.45) is 0 Å². The molecule has 1 heterocycles. The Labute approximate surface area is 131 Å². The molecule has 0 aliphatic rings. The highest BCUT2D eigenvalue weighted by atomic mass is 32.1. The number of nitriles is 1. The summed E-state index contributed by atoms with van der Waals surface area (Å²) in [7, 11) is 0. The SMILES string of the molecule is CCCCC(CCC)Nc1sc(C(=O)CC)c(N)c1C#N. The van der Waals surface area contributed by atoms with E-state index in [1.54, 1.807) is 0 Å². The molecule has 0 aromatic carbocycles. The molecule has 21 heavy (non-hydrogen) atoms. The number of nitrogens with one attached hydrogen (secondary N) is 1. The normalized spacial score (nSPS) is 11.9. The number of thiophene rings is 1. The zero-order chi connectivity index (χ0) is 15.8. The Morgan fingerprint density at radius 3 is 2.57 bits per heavy atom. The summed E-state index contributed by atoms with van der Waals surface area (Å²) in [4.78, 5) is 12.4. The molecule has 0 spiro atoms. The van der Waals surface area contributed by atoms with Crippen molar-refractivity contribution in [3.63, 3.8) is 0 Å². The maximum absolute atomic E-state index is 11.9. The number of ketones is 1. The average Bonchev–Trinajstić information content (AvgIpc) is 2.80. The lowest BCUT2D eigenvalue weighted by Crippen LogP contribution is -2.19. The molecule has 1 unspecified atom stereocenters. The van der Waals surface area contributed by atoms with Crippen molar-refractivity contribution in [2.75, 3.05) is 11.1 Å². The smallest absolute Gasteiger partial charge is 0.174 e. The van der Waals surface area contributed by atoms with Gasteiger partial charge < -0.3 is 11.1 Å². The quantitative estimate of drug-likeness (QED) is 0.655. The number of hydrogen-bond donors (Lipinski definition) is 2. The monoisotopic (exact) mass is 307 g/mol. The van der Waals surface area contributed by atoms with Crippen LogP contribution in [0.2, 0.25) is 0 Å². The minimum Gasteiger partial charge on any atom is -0.396 e. The van der Waals surface area contributed by atoms with Gasteiger partial charge in [0, 0.05) is 12.5 Å². The largest absolute Gasteiger partial charge is 0.396 e. The van der Waals surface area contributed by atoms with Gasteiger partial charge in [-0.3, -0.25) is 4.79 Å². The predicted octanol–water partition coefficient (Wildman–Crippen LogP) is 4.57. The molecule has 0 aliphatic carbocycles. The van der Waals surface area contributed by atoms with Crippen LogP contribution in [0.4, 0.5) is 10.7 Å². The Kier molecular flexibility index (Phi) is 7.24. The molecule has 5 heteroatoms. The predicted molar refractivity (Wildman–Crippen MR) is 89.9 cm³/mol. The molecule has 1 atom stereocenters. The van der Waals surface area contributed by atoms with E-state index >= 15 is 0 Å². The first-order chi connectivity index (χ1) is 10.1. The fraction of sp³-hybridized carbons (Fsp3) is 0.625. The molecule has 1 rings (SSSR count). The molecule has 0 saturated heterocycles. The van der Waals surface area contributed by atoms with E-state index in [0.29, 0.717) is 28.6 Å². The molecular formula is C16H25N3OS. The van der Waals surface area contributed by atoms with Crippen molar-refractivity contribution in [1.29, 1.82) is 5.26 Å². The minimum atomic E-state index is 0.00245. The second-order valence-corrected chi connectivity index (χ2v) is 6.23. The van der Waals surface area contributed by atoms with Crippen LogP contribution in [0.3, 0.4) is 0 Å². The highest BCUT2D eigenvalue weighted by Crippen LogP contribution is 2.36. The van der Waals surface area contributed by atoms with E-state index in [4.69, 9.17) is 5.73 Å². The lowest BCUT2D eigenvalue weighted by atomic mass is 10.1. The third-order valence-corrected chi connectivity index (χ3v) is 4.69. The van der Waals surface area contributed by atoms with E-state index in [1.807, 2.05) is 6.92 Å². The van der Waals surface area contributed by atoms with Crippen LogP contribution < -0.4 is 11.1 Å². The molecule has 0 radical (unpaired) electrons. The second kappa shape index (κ2) is 8.68. The first-order valence-electron chi connectivity index (χ1n) is 7.70. The van der Waals surface area contributed by atoms with Gasteiger partial charge in [0.1, 0.15) is 16.6 Å². The Balaban J connectivity index is 3.00. The van der Waals surface area contributed by atoms with Crippen LogP contribution >= 0.6 is 11.3 Å². The minimum absolute atomic E-state index is 0.00245. The Bertz CT molecular complexity index is 516. The lowest BCUT2D eigenvalue weighted by molar-refractivity contribution is 0.0993. The van der Waals surface area contributed by atoms with Gasteiger partial charge in [0.05, 0.1) is 10.6 Å². The third-order valence-electron chi connectivity index (χ3n) is 3.51. The van der Waals surface area contributed by atoms with Crippen molar-refractivity contribution in [2.45, 2.75) is 65.3 Å². The number of anilines is 2. The van der Waals surface area contributed by atoms with Crippen LogP contribution in [-0.4, -0.2) is 11.8 Å². The number of carbonyl (C=O) groups excluding carboxylic acids is 1. The molecule has 116 valence electrons. The zero-order valence-corrected chi connectivity index (χ0v) is 14.0. The van der Waals surface area contributed by atoms with E-state index in [-0.39, 0.29) is 5.78 Å². The molecule has 3 N–H and O–H groups in total. The molecule has 4 nitrogen and oxygen atoms in total. The Morgan fingerprint density at radius 2 is 2.05 bits per heavy atom. The van der Waals surface area contributed by atoms with Gasteiger partial charge in [-0.25, -0.2) is 0 Å². The second-order valence-electron chi connectivity index (χ2n) is 5.21. The molecule has 1 aromatic heterocycles. The van der Waals surface area contributed by atoms with Crippen molar-refractivity contribution in [1.82, 2.24) is 0 Å². The molecule has 0 amide bonds. The summed E-state index contributed by atoms with van der Waals surface area (Å²) in [5.74, 6) is 0.00245. The number of nitrogen functional groups attached to an aromatic ring is 1. The summed E-state index contributed by atoms with van der Waals surface area (Å²) in [5.41, 5.74) is 6.73. The number of rotatable bonds is 9. The van der Waals surface area contributed by atoms with Crippen LogP contribution in [0, 0.1) is 11.3 Å². The van der Waals surface area contributed by atoms with E-state index in [9.17, 15) is 10.1 Å².